The second-order valence-electron chi connectivity index (χ2n) is 6.50. The van der Waals surface area contributed by atoms with Gasteiger partial charge in [0.1, 0.15) is 0 Å². The molecule has 0 spiro atoms. The second-order valence-corrected chi connectivity index (χ2v) is 6.50. The van der Waals surface area contributed by atoms with Crippen LogP contribution >= 0.6 is 0 Å². The number of amides is 2. The Kier molecular flexibility index (Phi) is 5.14. The highest BCUT2D eigenvalue weighted by Gasteiger charge is 2.34. The first kappa shape index (κ1) is 17.2. The lowest BCUT2D eigenvalue weighted by Gasteiger charge is -2.17. The molecule has 1 fully saturated rings. The average Bonchev–Trinajstić information content (AvgIpc) is 3.02. The van der Waals surface area contributed by atoms with Gasteiger partial charge < -0.3 is 16.0 Å². The zero-order valence-corrected chi connectivity index (χ0v) is 14.3. The Hall–Kier alpha value is -2.66. The van der Waals surface area contributed by atoms with Gasteiger partial charge in [-0.3, -0.25) is 9.59 Å². The van der Waals surface area contributed by atoms with E-state index in [2.05, 4.69) is 17.4 Å². The number of hydrogen-bond donors (Lipinski definition) is 2. The van der Waals surface area contributed by atoms with Crippen molar-refractivity contribution >= 4 is 11.8 Å². The SMILES string of the molecule is CC(=O)NCc1ccc(C(=O)N2C[C@@H](N)[C@H](c3ccccc3)C2)cc1. The molecule has 1 aliphatic rings. The fourth-order valence-electron chi connectivity index (χ4n) is 3.22. The van der Waals surface area contributed by atoms with E-state index >= 15 is 0 Å². The molecular formula is C20H23N3O2. The Morgan fingerprint density at radius 2 is 1.76 bits per heavy atom. The van der Waals surface area contributed by atoms with Gasteiger partial charge in [-0.1, -0.05) is 42.5 Å². The summed E-state index contributed by atoms with van der Waals surface area (Å²) in [5.41, 5.74) is 9.06. The molecule has 2 amide bonds. The molecule has 5 nitrogen and oxygen atoms in total. The average molecular weight is 337 g/mol. The standard InChI is InChI=1S/C20H23N3O2/c1-14(24)22-11-15-7-9-17(10-8-15)20(25)23-12-18(19(21)13-23)16-5-3-2-4-6-16/h2-10,18-19H,11-13,21H2,1H3,(H,22,24)/t18-,19+/m0/s1. The van der Waals surface area contributed by atoms with Crippen molar-refractivity contribution in [1.82, 2.24) is 10.2 Å². The largest absolute Gasteiger partial charge is 0.352 e. The van der Waals surface area contributed by atoms with E-state index < -0.39 is 0 Å². The minimum absolute atomic E-state index is 0.0000387. The van der Waals surface area contributed by atoms with Gasteiger partial charge in [0, 0.05) is 44.1 Å². The molecule has 2 aromatic rings. The maximum absolute atomic E-state index is 12.7. The lowest BCUT2D eigenvalue weighted by atomic mass is 9.95. The Morgan fingerprint density at radius 1 is 1.08 bits per heavy atom. The molecule has 0 unspecified atom stereocenters. The van der Waals surface area contributed by atoms with E-state index in [1.807, 2.05) is 35.2 Å². The van der Waals surface area contributed by atoms with E-state index in [0.717, 1.165) is 5.56 Å². The number of carbonyl (C=O) groups excluding carboxylic acids is 2. The van der Waals surface area contributed by atoms with Crippen molar-refractivity contribution in [3.8, 4) is 0 Å². The van der Waals surface area contributed by atoms with Crippen LogP contribution in [0.1, 0.15) is 34.3 Å². The summed E-state index contributed by atoms with van der Waals surface area (Å²) >= 11 is 0. The molecule has 0 aromatic heterocycles. The summed E-state index contributed by atoms with van der Waals surface area (Å²) in [6, 6.07) is 17.4. The van der Waals surface area contributed by atoms with Crippen molar-refractivity contribution in [3.05, 3.63) is 71.3 Å². The Morgan fingerprint density at radius 3 is 2.40 bits per heavy atom. The highest BCUT2D eigenvalue weighted by atomic mass is 16.2. The summed E-state index contributed by atoms with van der Waals surface area (Å²) in [6.45, 7) is 3.15. The van der Waals surface area contributed by atoms with Gasteiger partial charge in [0.05, 0.1) is 0 Å². The van der Waals surface area contributed by atoms with Gasteiger partial charge in [0.25, 0.3) is 5.91 Å². The zero-order valence-electron chi connectivity index (χ0n) is 14.3. The van der Waals surface area contributed by atoms with Gasteiger partial charge in [-0.2, -0.15) is 0 Å². The molecule has 1 heterocycles. The minimum atomic E-state index is -0.0711. The molecular weight excluding hydrogens is 314 g/mol. The first-order valence-electron chi connectivity index (χ1n) is 8.48. The summed E-state index contributed by atoms with van der Waals surface area (Å²) in [5.74, 6) is 0.0994. The lowest BCUT2D eigenvalue weighted by Crippen LogP contribution is -2.32. The second kappa shape index (κ2) is 7.49. The predicted octanol–water partition coefficient (Wildman–Crippen LogP) is 1.89. The van der Waals surface area contributed by atoms with Crippen molar-refractivity contribution in [3.63, 3.8) is 0 Å². The Balaban J connectivity index is 1.66. The number of nitrogens with zero attached hydrogens (tertiary/aromatic N) is 1. The molecule has 3 rings (SSSR count). The first-order valence-corrected chi connectivity index (χ1v) is 8.48. The zero-order chi connectivity index (χ0) is 17.8. The van der Waals surface area contributed by atoms with Crippen molar-refractivity contribution in [2.75, 3.05) is 13.1 Å². The van der Waals surface area contributed by atoms with E-state index in [-0.39, 0.29) is 23.8 Å². The van der Waals surface area contributed by atoms with E-state index in [1.165, 1.54) is 12.5 Å². The van der Waals surface area contributed by atoms with Crippen molar-refractivity contribution in [2.24, 2.45) is 5.73 Å². The maximum Gasteiger partial charge on any atom is 0.253 e. The highest BCUT2D eigenvalue weighted by molar-refractivity contribution is 5.94. The van der Waals surface area contributed by atoms with E-state index in [4.69, 9.17) is 5.73 Å². The number of rotatable bonds is 4. The Bertz CT molecular complexity index is 743. The van der Waals surface area contributed by atoms with E-state index in [9.17, 15) is 9.59 Å². The fourth-order valence-corrected chi connectivity index (χ4v) is 3.22. The summed E-state index contributed by atoms with van der Waals surface area (Å²) < 4.78 is 0. The lowest BCUT2D eigenvalue weighted by molar-refractivity contribution is -0.119. The van der Waals surface area contributed by atoms with Crippen molar-refractivity contribution < 1.29 is 9.59 Å². The van der Waals surface area contributed by atoms with Crippen LogP contribution < -0.4 is 11.1 Å². The molecule has 2 atom stereocenters. The van der Waals surface area contributed by atoms with Crippen LogP contribution in [-0.4, -0.2) is 35.8 Å². The molecule has 1 saturated heterocycles. The predicted molar refractivity (Wildman–Crippen MR) is 97.0 cm³/mol. The van der Waals surface area contributed by atoms with Crippen LogP contribution in [0.2, 0.25) is 0 Å². The smallest absolute Gasteiger partial charge is 0.253 e. The number of nitrogens with two attached hydrogens (primary N) is 1. The minimum Gasteiger partial charge on any atom is -0.352 e. The molecule has 25 heavy (non-hydrogen) atoms. The summed E-state index contributed by atoms with van der Waals surface area (Å²) in [5, 5.41) is 2.74. The van der Waals surface area contributed by atoms with Crippen LogP contribution in [0.3, 0.4) is 0 Å². The molecule has 1 aliphatic heterocycles. The van der Waals surface area contributed by atoms with Crippen LogP contribution in [0.5, 0.6) is 0 Å². The van der Waals surface area contributed by atoms with Crippen molar-refractivity contribution in [1.29, 1.82) is 0 Å². The number of nitrogens with one attached hydrogen (secondary N) is 1. The monoisotopic (exact) mass is 337 g/mol. The molecule has 0 bridgehead atoms. The molecule has 0 radical (unpaired) electrons. The van der Waals surface area contributed by atoms with E-state index in [1.54, 1.807) is 12.1 Å². The van der Waals surface area contributed by atoms with Crippen molar-refractivity contribution in [2.45, 2.75) is 25.4 Å². The van der Waals surface area contributed by atoms with Gasteiger partial charge in [-0.15, -0.1) is 0 Å². The van der Waals surface area contributed by atoms with Gasteiger partial charge in [0.15, 0.2) is 0 Å². The molecule has 5 heteroatoms. The highest BCUT2D eigenvalue weighted by Crippen LogP contribution is 2.27. The molecule has 130 valence electrons. The van der Waals surface area contributed by atoms with Crippen LogP contribution in [-0.2, 0) is 11.3 Å². The molecule has 2 aromatic carbocycles. The number of carbonyl (C=O) groups is 2. The number of likely N-dealkylation sites (tertiary alicyclic amines) is 1. The van der Waals surface area contributed by atoms with Crippen LogP contribution in [0.15, 0.2) is 54.6 Å². The maximum atomic E-state index is 12.7. The van der Waals surface area contributed by atoms with E-state index in [0.29, 0.717) is 25.2 Å². The van der Waals surface area contributed by atoms with Gasteiger partial charge in [-0.25, -0.2) is 0 Å². The topological polar surface area (TPSA) is 75.4 Å². The normalized spacial score (nSPS) is 19.7. The molecule has 3 N–H and O–H groups in total. The van der Waals surface area contributed by atoms with Gasteiger partial charge in [-0.05, 0) is 23.3 Å². The quantitative estimate of drug-likeness (QED) is 0.894. The third-order valence-corrected chi connectivity index (χ3v) is 4.62. The number of hydrogen-bond acceptors (Lipinski definition) is 3. The molecule has 0 aliphatic carbocycles. The first-order chi connectivity index (χ1) is 12.0. The summed E-state index contributed by atoms with van der Waals surface area (Å²) in [4.78, 5) is 25.5. The van der Waals surface area contributed by atoms with Gasteiger partial charge >= 0.3 is 0 Å². The Labute approximate surface area is 147 Å². The molecule has 0 saturated carbocycles. The van der Waals surface area contributed by atoms with Crippen LogP contribution in [0, 0.1) is 0 Å². The summed E-state index contributed by atoms with van der Waals surface area (Å²) in [6.07, 6.45) is 0. The summed E-state index contributed by atoms with van der Waals surface area (Å²) in [7, 11) is 0. The van der Waals surface area contributed by atoms with Gasteiger partial charge in [0.2, 0.25) is 5.91 Å². The fraction of sp³-hybridized carbons (Fsp3) is 0.300. The number of benzene rings is 2. The third-order valence-electron chi connectivity index (χ3n) is 4.62. The van der Waals surface area contributed by atoms with Crippen LogP contribution in [0.25, 0.3) is 0 Å². The third kappa shape index (κ3) is 4.06. The van der Waals surface area contributed by atoms with Crippen LogP contribution in [0.4, 0.5) is 0 Å².